The number of hydrogen-bond acceptors (Lipinski definition) is 5. The van der Waals surface area contributed by atoms with Gasteiger partial charge in [0.2, 0.25) is 0 Å². The number of carboxylic acids is 1. The number of ether oxygens (including phenoxy) is 1. The molecule has 0 amide bonds. The average Bonchev–Trinajstić information content (AvgIpc) is 2.99. The molecule has 7 heteroatoms. The molecule has 0 aliphatic heterocycles. The first-order chi connectivity index (χ1) is 12.1. The Morgan fingerprint density at radius 1 is 1.08 bits per heavy atom. The lowest BCUT2D eigenvalue weighted by Crippen LogP contribution is -2.05. The fraction of sp³-hybridized carbons (Fsp3) is 0.167. The Balaban J connectivity index is 1.61. The zero-order chi connectivity index (χ0) is 17.6. The van der Waals surface area contributed by atoms with Gasteiger partial charge in [0.15, 0.2) is 11.0 Å². The molecule has 0 saturated carbocycles. The van der Waals surface area contributed by atoms with E-state index in [0.717, 1.165) is 28.6 Å². The van der Waals surface area contributed by atoms with Gasteiger partial charge >= 0.3 is 5.97 Å². The van der Waals surface area contributed by atoms with Gasteiger partial charge in [-0.05, 0) is 23.3 Å². The largest absolute Gasteiger partial charge is 0.486 e. The monoisotopic (exact) mass is 355 g/mol. The third-order valence-electron chi connectivity index (χ3n) is 3.58. The van der Waals surface area contributed by atoms with Gasteiger partial charge < -0.3 is 14.4 Å². The summed E-state index contributed by atoms with van der Waals surface area (Å²) in [5.74, 6) is 0.445. The van der Waals surface area contributed by atoms with Crippen LogP contribution in [0, 0.1) is 0 Å². The molecular weight excluding hydrogens is 338 g/mol. The maximum absolute atomic E-state index is 10.6. The molecule has 0 spiro atoms. The van der Waals surface area contributed by atoms with Gasteiger partial charge in [0.05, 0.1) is 5.75 Å². The van der Waals surface area contributed by atoms with E-state index in [1.165, 1.54) is 0 Å². The molecule has 0 atom stereocenters. The molecule has 0 aliphatic carbocycles. The molecule has 6 nitrogen and oxygen atoms in total. The van der Waals surface area contributed by atoms with Crippen LogP contribution in [0.2, 0.25) is 0 Å². The highest BCUT2D eigenvalue weighted by Gasteiger charge is 2.11. The van der Waals surface area contributed by atoms with E-state index in [4.69, 9.17) is 9.84 Å². The van der Waals surface area contributed by atoms with Crippen molar-refractivity contribution in [2.24, 2.45) is 7.05 Å². The highest BCUT2D eigenvalue weighted by atomic mass is 32.2. The zero-order valence-electron chi connectivity index (χ0n) is 13.6. The van der Waals surface area contributed by atoms with Crippen molar-refractivity contribution in [3.63, 3.8) is 0 Å². The molecule has 0 radical (unpaired) electrons. The van der Waals surface area contributed by atoms with Gasteiger partial charge in [-0.3, -0.25) is 4.79 Å². The Morgan fingerprint density at radius 3 is 2.44 bits per heavy atom. The number of thioether (sulfide) groups is 1. The summed E-state index contributed by atoms with van der Waals surface area (Å²) >= 11 is 1.13. The first kappa shape index (κ1) is 17.0. The van der Waals surface area contributed by atoms with Crippen molar-refractivity contribution < 1.29 is 14.6 Å². The van der Waals surface area contributed by atoms with Crippen LogP contribution in [0.15, 0.2) is 59.8 Å². The van der Waals surface area contributed by atoms with E-state index in [1.807, 2.05) is 42.5 Å². The van der Waals surface area contributed by atoms with E-state index >= 15 is 0 Å². The van der Waals surface area contributed by atoms with Crippen LogP contribution >= 0.6 is 11.8 Å². The first-order valence-electron chi connectivity index (χ1n) is 7.64. The van der Waals surface area contributed by atoms with Gasteiger partial charge in [-0.2, -0.15) is 0 Å². The molecule has 128 valence electrons. The van der Waals surface area contributed by atoms with Crippen molar-refractivity contribution in [3.8, 4) is 16.9 Å². The standard InChI is InChI=1S/C18H17N3O3S/c1-21-16(19-20-18(21)25-12-17(22)23)11-24-15-9-7-14(8-10-15)13-5-3-2-4-6-13/h2-10H,11-12H2,1H3,(H,22,23). The Morgan fingerprint density at radius 2 is 1.76 bits per heavy atom. The zero-order valence-corrected chi connectivity index (χ0v) is 14.4. The molecule has 25 heavy (non-hydrogen) atoms. The molecule has 0 saturated heterocycles. The SMILES string of the molecule is Cn1c(COc2ccc(-c3ccccc3)cc2)nnc1SCC(=O)O. The van der Waals surface area contributed by atoms with Crippen molar-refractivity contribution in [2.75, 3.05) is 5.75 Å². The lowest BCUT2D eigenvalue weighted by Gasteiger charge is -2.07. The Labute approximate surface area is 149 Å². The van der Waals surface area contributed by atoms with E-state index in [2.05, 4.69) is 22.3 Å². The first-order valence-corrected chi connectivity index (χ1v) is 8.63. The third kappa shape index (κ3) is 4.39. The van der Waals surface area contributed by atoms with Gasteiger partial charge in [-0.1, -0.05) is 54.2 Å². The number of rotatable bonds is 7. The fourth-order valence-corrected chi connectivity index (χ4v) is 2.89. The van der Waals surface area contributed by atoms with E-state index in [1.54, 1.807) is 11.6 Å². The van der Waals surface area contributed by atoms with E-state index in [9.17, 15) is 4.79 Å². The van der Waals surface area contributed by atoms with Crippen LogP contribution < -0.4 is 4.74 Å². The molecule has 2 aromatic carbocycles. The van der Waals surface area contributed by atoms with Crippen LogP contribution in [-0.4, -0.2) is 31.6 Å². The van der Waals surface area contributed by atoms with E-state index < -0.39 is 5.97 Å². The summed E-state index contributed by atoms with van der Waals surface area (Å²) in [4.78, 5) is 10.6. The number of carbonyl (C=O) groups is 1. The summed E-state index contributed by atoms with van der Waals surface area (Å²) in [6, 6.07) is 18.0. The van der Waals surface area contributed by atoms with E-state index in [0.29, 0.717) is 11.0 Å². The number of aromatic nitrogens is 3. The molecule has 3 rings (SSSR count). The van der Waals surface area contributed by atoms with Crippen molar-refractivity contribution in [3.05, 3.63) is 60.4 Å². The second-order valence-electron chi connectivity index (χ2n) is 5.32. The number of nitrogens with zero attached hydrogens (tertiary/aromatic N) is 3. The normalized spacial score (nSPS) is 10.6. The molecular formula is C18H17N3O3S. The summed E-state index contributed by atoms with van der Waals surface area (Å²) in [6.45, 7) is 0.266. The van der Waals surface area contributed by atoms with Gasteiger partial charge in [-0.25, -0.2) is 0 Å². The minimum absolute atomic E-state index is 0.0478. The molecule has 0 fully saturated rings. The second kappa shape index (κ2) is 7.85. The van der Waals surface area contributed by atoms with E-state index in [-0.39, 0.29) is 12.4 Å². The minimum atomic E-state index is -0.885. The van der Waals surface area contributed by atoms with Crippen LogP contribution in [0.4, 0.5) is 0 Å². The van der Waals surface area contributed by atoms with Crippen LogP contribution in [0.25, 0.3) is 11.1 Å². The average molecular weight is 355 g/mol. The lowest BCUT2D eigenvalue weighted by atomic mass is 10.1. The van der Waals surface area contributed by atoms with Gasteiger partial charge in [0.1, 0.15) is 12.4 Å². The molecule has 1 N–H and O–H groups in total. The predicted octanol–water partition coefficient (Wildman–Crippen LogP) is 3.24. The van der Waals surface area contributed by atoms with Gasteiger partial charge in [0, 0.05) is 7.05 Å². The number of benzene rings is 2. The molecule has 3 aromatic rings. The summed E-state index contributed by atoms with van der Waals surface area (Å²) in [5.41, 5.74) is 2.28. The highest BCUT2D eigenvalue weighted by molar-refractivity contribution is 7.99. The summed E-state index contributed by atoms with van der Waals surface area (Å²) in [6.07, 6.45) is 0. The summed E-state index contributed by atoms with van der Waals surface area (Å²) < 4.78 is 7.50. The van der Waals surface area contributed by atoms with Crippen LogP contribution in [-0.2, 0) is 18.4 Å². The maximum Gasteiger partial charge on any atom is 0.313 e. The third-order valence-corrected chi connectivity index (χ3v) is 4.58. The van der Waals surface area contributed by atoms with Gasteiger partial charge in [0.25, 0.3) is 0 Å². The Hall–Kier alpha value is -2.80. The van der Waals surface area contributed by atoms with Crippen molar-refractivity contribution in [1.29, 1.82) is 0 Å². The Bertz CT molecular complexity index is 848. The second-order valence-corrected chi connectivity index (χ2v) is 6.26. The topological polar surface area (TPSA) is 77.2 Å². The maximum atomic E-state index is 10.6. The molecule has 0 unspecified atom stereocenters. The molecule has 0 bridgehead atoms. The minimum Gasteiger partial charge on any atom is -0.486 e. The Kier molecular flexibility index (Phi) is 5.35. The van der Waals surface area contributed by atoms with Crippen molar-refractivity contribution in [2.45, 2.75) is 11.8 Å². The molecule has 1 aromatic heterocycles. The van der Waals surface area contributed by atoms with Gasteiger partial charge in [-0.15, -0.1) is 10.2 Å². The predicted molar refractivity (Wildman–Crippen MR) is 95.6 cm³/mol. The van der Waals surface area contributed by atoms with Crippen LogP contribution in [0.1, 0.15) is 5.82 Å². The lowest BCUT2D eigenvalue weighted by molar-refractivity contribution is -0.133. The number of aliphatic carboxylic acids is 1. The number of carboxylic acid groups (broad SMARTS) is 1. The molecule has 1 heterocycles. The van der Waals surface area contributed by atoms with Crippen molar-refractivity contribution in [1.82, 2.24) is 14.8 Å². The van der Waals surface area contributed by atoms with Crippen LogP contribution in [0.3, 0.4) is 0 Å². The van der Waals surface area contributed by atoms with Crippen LogP contribution in [0.5, 0.6) is 5.75 Å². The quantitative estimate of drug-likeness (QED) is 0.656. The summed E-state index contributed by atoms with van der Waals surface area (Å²) in [7, 11) is 1.79. The highest BCUT2D eigenvalue weighted by Crippen LogP contribution is 2.23. The molecule has 0 aliphatic rings. The number of hydrogen-bond donors (Lipinski definition) is 1. The fourth-order valence-electron chi connectivity index (χ4n) is 2.24. The summed E-state index contributed by atoms with van der Waals surface area (Å²) in [5, 5.41) is 17.3. The van der Waals surface area contributed by atoms with Crippen molar-refractivity contribution >= 4 is 17.7 Å². The smallest absolute Gasteiger partial charge is 0.313 e.